The van der Waals surface area contributed by atoms with Crippen LogP contribution in [0.25, 0.3) is 0 Å². The average molecular weight is 419 g/mol. The second-order valence-corrected chi connectivity index (χ2v) is 7.69. The maximum absolute atomic E-state index is 13.1. The molecule has 8 heteroatoms. The second kappa shape index (κ2) is 8.77. The Morgan fingerprint density at radius 2 is 1.60 bits per heavy atom. The van der Waals surface area contributed by atoms with Crippen molar-refractivity contribution in [2.45, 2.75) is 32.5 Å². The normalized spacial score (nSPS) is 16.1. The first-order valence-corrected chi connectivity index (χ1v) is 9.73. The largest absolute Gasteiger partial charge is 0.418 e. The number of urea groups is 1. The summed E-state index contributed by atoms with van der Waals surface area (Å²) in [6.45, 7) is 2.85. The summed E-state index contributed by atoms with van der Waals surface area (Å²) in [6, 6.07) is 13.8. The van der Waals surface area contributed by atoms with Crippen molar-refractivity contribution < 1.29 is 22.8 Å². The number of benzene rings is 2. The molecular weight excluding hydrogens is 395 g/mol. The van der Waals surface area contributed by atoms with Crippen LogP contribution < -0.4 is 10.6 Å². The highest BCUT2D eigenvalue weighted by atomic mass is 19.4. The average Bonchev–Trinajstić information content (AvgIpc) is 2.73. The van der Waals surface area contributed by atoms with E-state index in [-0.39, 0.29) is 24.7 Å². The molecule has 0 aliphatic carbocycles. The summed E-state index contributed by atoms with van der Waals surface area (Å²) in [5, 5.41) is 5.29. The van der Waals surface area contributed by atoms with Crippen LogP contribution in [-0.2, 0) is 17.5 Å². The molecule has 1 heterocycles. The Bertz CT molecular complexity index is 892. The monoisotopic (exact) mass is 419 g/mol. The molecule has 2 N–H and O–H groups in total. The van der Waals surface area contributed by atoms with Crippen molar-refractivity contribution in [2.75, 3.05) is 18.4 Å². The number of hydrogen-bond acceptors (Lipinski definition) is 2. The van der Waals surface area contributed by atoms with Crippen molar-refractivity contribution in [3.63, 3.8) is 0 Å². The molecule has 0 bridgehead atoms. The maximum Gasteiger partial charge on any atom is 0.418 e. The fourth-order valence-corrected chi connectivity index (χ4v) is 3.46. The van der Waals surface area contributed by atoms with E-state index in [1.807, 2.05) is 37.3 Å². The van der Waals surface area contributed by atoms with E-state index in [0.717, 1.165) is 11.6 Å². The summed E-state index contributed by atoms with van der Waals surface area (Å²) in [7, 11) is 0. The minimum Gasteiger partial charge on any atom is -0.352 e. The smallest absolute Gasteiger partial charge is 0.352 e. The van der Waals surface area contributed by atoms with Crippen molar-refractivity contribution >= 4 is 17.6 Å². The molecule has 160 valence electrons. The number of nitrogens with zero attached hydrogens (tertiary/aromatic N) is 1. The van der Waals surface area contributed by atoms with Gasteiger partial charge in [-0.1, -0.05) is 49.4 Å². The van der Waals surface area contributed by atoms with Gasteiger partial charge in [0.2, 0.25) is 5.91 Å². The summed E-state index contributed by atoms with van der Waals surface area (Å²) in [5.74, 6) is -0.0890. The Kier molecular flexibility index (Phi) is 6.34. The van der Waals surface area contributed by atoms with Gasteiger partial charge in [0.1, 0.15) is 0 Å². The van der Waals surface area contributed by atoms with Gasteiger partial charge in [0.05, 0.1) is 11.3 Å². The minimum atomic E-state index is -4.55. The zero-order chi connectivity index (χ0) is 21.8. The number of nitrogens with one attached hydrogen (secondary N) is 2. The van der Waals surface area contributed by atoms with Gasteiger partial charge in [0, 0.05) is 25.0 Å². The van der Waals surface area contributed by atoms with E-state index in [0.29, 0.717) is 19.4 Å². The SMILES string of the molecule is CC1(C(=O)NCc2ccccc2)CCN(C(=O)Nc2ccccc2C(F)(F)F)CC1. The van der Waals surface area contributed by atoms with E-state index in [2.05, 4.69) is 10.6 Å². The molecule has 1 aliphatic rings. The molecule has 1 saturated heterocycles. The van der Waals surface area contributed by atoms with Crippen molar-refractivity contribution in [3.05, 3.63) is 65.7 Å². The quantitative estimate of drug-likeness (QED) is 0.758. The van der Waals surface area contributed by atoms with E-state index in [4.69, 9.17) is 0 Å². The Morgan fingerprint density at radius 3 is 2.23 bits per heavy atom. The van der Waals surface area contributed by atoms with Gasteiger partial charge in [0.25, 0.3) is 0 Å². The molecule has 3 rings (SSSR count). The van der Waals surface area contributed by atoms with Crippen molar-refractivity contribution in [1.29, 1.82) is 0 Å². The number of para-hydroxylation sites is 1. The van der Waals surface area contributed by atoms with Gasteiger partial charge in [0.15, 0.2) is 0 Å². The number of rotatable bonds is 4. The van der Waals surface area contributed by atoms with Gasteiger partial charge in [-0.25, -0.2) is 4.79 Å². The predicted octanol–water partition coefficient (Wildman–Crippen LogP) is 4.66. The van der Waals surface area contributed by atoms with Crippen LogP contribution in [0.15, 0.2) is 54.6 Å². The van der Waals surface area contributed by atoms with Crippen molar-refractivity contribution in [3.8, 4) is 0 Å². The second-order valence-electron chi connectivity index (χ2n) is 7.69. The lowest BCUT2D eigenvalue weighted by molar-refractivity contribution is -0.137. The summed E-state index contributed by atoms with van der Waals surface area (Å²) >= 11 is 0. The Labute approximate surface area is 173 Å². The lowest BCUT2D eigenvalue weighted by Crippen LogP contribution is -2.49. The molecule has 5 nitrogen and oxygen atoms in total. The van der Waals surface area contributed by atoms with Gasteiger partial charge in [-0.2, -0.15) is 13.2 Å². The Balaban J connectivity index is 1.56. The molecule has 0 atom stereocenters. The first-order chi connectivity index (χ1) is 14.2. The summed E-state index contributed by atoms with van der Waals surface area (Å²) in [5.41, 5.74) is -0.797. The predicted molar refractivity (Wildman–Crippen MR) is 108 cm³/mol. The summed E-state index contributed by atoms with van der Waals surface area (Å²) in [6.07, 6.45) is -3.69. The molecule has 0 saturated carbocycles. The van der Waals surface area contributed by atoms with Crippen LogP contribution in [0.5, 0.6) is 0 Å². The molecule has 3 amide bonds. The number of amides is 3. The first kappa shape index (κ1) is 21.7. The molecule has 0 unspecified atom stereocenters. The fourth-order valence-electron chi connectivity index (χ4n) is 3.46. The number of alkyl halides is 3. The lowest BCUT2D eigenvalue weighted by Gasteiger charge is -2.38. The first-order valence-electron chi connectivity index (χ1n) is 9.73. The summed E-state index contributed by atoms with van der Waals surface area (Å²) < 4.78 is 39.4. The van der Waals surface area contributed by atoms with Crippen LogP contribution in [0.2, 0.25) is 0 Å². The number of piperidine rings is 1. The van der Waals surface area contributed by atoms with Crippen LogP contribution >= 0.6 is 0 Å². The number of anilines is 1. The highest BCUT2D eigenvalue weighted by molar-refractivity contribution is 5.90. The van der Waals surface area contributed by atoms with Crippen LogP contribution in [0.1, 0.15) is 30.9 Å². The number of carbonyl (C=O) groups excluding carboxylic acids is 2. The van der Waals surface area contributed by atoms with E-state index < -0.39 is 23.2 Å². The van der Waals surface area contributed by atoms with Gasteiger partial charge in [-0.3, -0.25) is 4.79 Å². The molecule has 2 aromatic carbocycles. The van der Waals surface area contributed by atoms with E-state index in [1.165, 1.54) is 23.1 Å². The third-order valence-corrected chi connectivity index (χ3v) is 5.47. The van der Waals surface area contributed by atoms with Crippen LogP contribution in [0, 0.1) is 5.41 Å². The van der Waals surface area contributed by atoms with Gasteiger partial charge >= 0.3 is 12.2 Å². The summed E-state index contributed by atoms with van der Waals surface area (Å²) in [4.78, 5) is 26.6. The third kappa shape index (κ3) is 5.11. The van der Waals surface area contributed by atoms with E-state index >= 15 is 0 Å². The van der Waals surface area contributed by atoms with Gasteiger partial charge in [-0.15, -0.1) is 0 Å². The van der Waals surface area contributed by atoms with Crippen molar-refractivity contribution in [2.24, 2.45) is 5.41 Å². The minimum absolute atomic E-state index is 0.0890. The topological polar surface area (TPSA) is 61.4 Å². The van der Waals surface area contributed by atoms with Gasteiger partial charge in [-0.05, 0) is 30.5 Å². The number of hydrogen-bond donors (Lipinski definition) is 2. The molecule has 30 heavy (non-hydrogen) atoms. The number of likely N-dealkylation sites (tertiary alicyclic amines) is 1. The molecule has 0 radical (unpaired) electrons. The number of halogens is 3. The molecular formula is C22H24F3N3O2. The van der Waals surface area contributed by atoms with Crippen molar-refractivity contribution in [1.82, 2.24) is 10.2 Å². The zero-order valence-corrected chi connectivity index (χ0v) is 16.6. The highest BCUT2D eigenvalue weighted by Crippen LogP contribution is 2.35. The van der Waals surface area contributed by atoms with Gasteiger partial charge < -0.3 is 15.5 Å². The standard InChI is InChI=1S/C22H24F3N3O2/c1-21(19(29)26-15-16-7-3-2-4-8-16)11-13-28(14-12-21)20(30)27-18-10-6-5-9-17(18)22(23,24)25/h2-10H,11-15H2,1H3,(H,26,29)(H,27,30). The van der Waals surface area contributed by atoms with Crippen LogP contribution in [0.3, 0.4) is 0 Å². The fraction of sp³-hybridized carbons (Fsp3) is 0.364. The zero-order valence-electron chi connectivity index (χ0n) is 16.6. The van der Waals surface area contributed by atoms with Crippen LogP contribution in [-0.4, -0.2) is 29.9 Å². The third-order valence-electron chi connectivity index (χ3n) is 5.47. The molecule has 2 aromatic rings. The molecule has 0 spiro atoms. The van der Waals surface area contributed by atoms with E-state index in [1.54, 1.807) is 0 Å². The number of carbonyl (C=O) groups is 2. The maximum atomic E-state index is 13.1. The van der Waals surface area contributed by atoms with E-state index in [9.17, 15) is 22.8 Å². The molecule has 0 aromatic heterocycles. The Hall–Kier alpha value is -3.03. The molecule has 1 aliphatic heterocycles. The Morgan fingerprint density at radius 1 is 1.00 bits per heavy atom. The lowest BCUT2D eigenvalue weighted by atomic mass is 9.79. The molecule has 1 fully saturated rings. The van der Waals surface area contributed by atoms with Crippen LogP contribution in [0.4, 0.5) is 23.7 Å². The highest BCUT2D eigenvalue weighted by Gasteiger charge is 2.38.